The number of esters is 1. The summed E-state index contributed by atoms with van der Waals surface area (Å²) in [7, 11) is 0. The van der Waals surface area contributed by atoms with E-state index in [2.05, 4.69) is 4.74 Å². The van der Waals surface area contributed by atoms with E-state index >= 15 is 0 Å². The third-order valence-electron chi connectivity index (χ3n) is 1.73. The fraction of sp³-hybridized carbons (Fsp3) is 0.889. The lowest BCUT2D eigenvalue weighted by Gasteiger charge is -2.00. The van der Waals surface area contributed by atoms with Crippen LogP contribution in [0.4, 0.5) is 0 Å². The zero-order chi connectivity index (χ0) is 9.94. The Morgan fingerprint density at radius 3 is 2.23 bits per heavy atom. The zero-order valence-electron chi connectivity index (χ0n) is 7.73. The molecule has 0 saturated heterocycles. The Hall–Kier alpha value is 0.0500. The standard InChI is InChI=1S/C9H16Cl2O2/c10-7-5-3-1-2-4-6-9(12)13-8-11/h1-8H2. The summed E-state index contributed by atoms with van der Waals surface area (Å²) in [4.78, 5) is 10.8. The fourth-order valence-corrected chi connectivity index (χ4v) is 1.34. The molecule has 0 unspecified atom stereocenters. The number of carbonyl (C=O) groups is 1. The second-order valence-corrected chi connectivity index (χ2v) is 3.43. The second-order valence-electron chi connectivity index (χ2n) is 2.83. The van der Waals surface area contributed by atoms with Crippen molar-refractivity contribution in [2.75, 3.05) is 11.9 Å². The molecule has 0 aliphatic rings. The number of ether oxygens (including phenoxy) is 1. The van der Waals surface area contributed by atoms with Gasteiger partial charge in [0.2, 0.25) is 0 Å². The number of carbonyl (C=O) groups excluding carboxylic acids is 1. The largest absolute Gasteiger partial charge is 0.449 e. The average Bonchev–Trinajstić information content (AvgIpc) is 2.11. The third kappa shape index (κ3) is 9.97. The van der Waals surface area contributed by atoms with Crippen LogP contribution in [0.2, 0.25) is 0 Å². The molecule has 0 amide bonds. The monoisotopic (exact) mass is 226 g/mol. The number of halogens is 2. The van der Waals surface area contributed by atoms with E-state index in [0.717, 1.165) is 38.0 Å². The number of unbranched alkanes of at least 4 members (excludes halogenated alkanes) is 4. The predicted molar refractivity (Wildman–Crippen MR) is 55.2 cm³/mol. The van der Waals surface area contributed by atoms with Crippen LogP contribution in [0.25, 0.3) is 0 Å². The SMILES string of the molecule is O=C(CCCCCCCCl)OCCl. The van der Waals surface area contributed by atoms with Crippen molar-refractivity contribution in [2.24, 2.45) is 0 Å². The van der Waals surface area contributed by atoms with Crippen LogP contribution in [-0.4, -0.2) is 17.9 Å². The molecule has 0 N–H and O–H groups in total. The zero-order valence-corrected chi connectivity index (χ0v) is 9.24. The Bertz CT molecular complexity index is 129. The van der Waals surface area contributed by atoms with Crippen molar-refractivity contribution >= 4 is 29.2 Å². The Kier molecular flexibility index (Phi) is 10.2. The minimum Gasteiger partial charge on any atom is -0.449 e. The van der Waals surface area contributed by atoms with Crippen molar-refractivity contribution in [1.82, 2.24) is 0 Å². The second kappa shape index (κ2) is 10.1. The van der Waals surface area contributed by atoms with E-state index in [0.29, 0.717) is 6.42 Å². The molecule has 0 aromatic heterocycles. The molecule has 2 nitrogen and oxygen atoms in total. The van der Waals surface area contributed by atoms with Gasteiger partial charge in [0.25, 0.3) is 0 Å². The van der Waals surface area contributed by atoms with Gasteiger partial charge in [-0.2, -0.15) is 0 Å². The first-order valence-corrected chi connectivity index (χ1v) is 5.65. The van der Waals surface area contributed by atoms with E-state index in [1.807, 2.05) is 0 Å². The van der Waals surface area contributed by atoms with Gasteiger partial charge in [-0.25, -0.2) is 0 Å². The molecule has 0 fully saturated rings. The van der Waals surface area contributed by atoms with Crippen molar-refractivity contribution in [3.05, 3.63) is 0 Å². The van der Waals surface area contributed by atoms with Gasteiger partial charge in [0, 0.05) is 12.3 Å². The van der Waals surface area contributed by atoms with E-state index < -0.39 is 0 Å². The first kappa shape index (κ1) is 13.1. The third-order valence-corrected chi connectivity index (χ3v) is 2.11. The number of rotatable bonds is 8. The molecule has 0 aromatic carbocycles. The molecule has 0 bridgehead atoms. The summed E-state index contributed by atoms with van der Waals surface area (Å²) in [5.74, 6) is 0.529. The number of hydrogen-bond donors (Lipinski definition) is 0. The predicted octanol–water partition coefficient (Wildman–Crippen LogP) is 3.31. The maximum Gasteiger partial charge on any atom is 0.306 e. The molecule has 0 aliphatic heterocycles. The van der Waals surface area contributed by atoms with Crippen molar-refractivity contribution < 1.29 is 9.53 Å². The Morgan fingerprint density at radius 2 is 1.62 bits per heavy atom. The highest BCUT2D eigenvalue weighted by Crippen LogP contribution is 2.06. The summed E-state index contributed by atoms with van der Waals surface area (Å²) in [5.41, 5.74) is 0. The van der Waals surface area contributed by atoms with Gasteiger partial charge in [0.15, 0.2) is 6.07 Å². The number of alkyl halides is 2. The van der Waals surface area contributed by atoms with Crippen LogP contribution in [0.15, 0.2) is 0 Å². The van der Waals surface area contributed by atoms with Crippen molar-refractivity contribution in [1.29, 1.82) is 0 Å². The lowest BCUT2D eigenvalue weighted by molar-refractivity contribution is -0.141. The van der Waals surface area contributed by atoms with Crippen molar-refractivity contribution in [3.63, 3.8) is 0 Å². The molecule has 0 spiro atoms. The fourth-order valence-electron chi connectivity index (χ4n) is 1.03. The summed E-state index contributed by atoms with van der Waals surface area (Å²) in [6.07, 6.45) is 5.78. The molecule has 4 heteroatoms. The molecule has 0 aromatic rings. The van der Waals surface area contributed by atoms with Crippen molar-refractivity contribution in [3.8, 4) is 0 Å². The minimum absolute atomic E-state index is 0.0366. The minimum atomic E-state index is -0.202. The van der Waals surface area contributed by atoms with E-state index in [9.17, 15) is 4.79 Å². The van der Waals surface area contributed by atoms with E-state index in [1.165, 1.54) is 0 Å². The summed E-state index contributed by atoms with van der Waals surface area (Å²) >= 11 is 10.7. The Morgan fingerprint density at radius 1 is 1.00 bits per heavy atom. The van der Waals surface area contributed by atoms with E-state index in [1.54, 1.807) is 0 Å². The molecular formula is C9H16Cl2O2. The molecule has 0 rings (SSSR count). The molecule has 0 aliphatic carbocycles. The van der Waals surface area contributed by atoms with Gasteiger partial charge in [-0.1, -0.05) is 30.9 Å². The summed E-state index contributed by atoms with van der Waals surface area (Å²) in [6.45, 7) is 0. The summed E-state index contributed by atoms with van der Waals surface area (Å²) < 4.78 is 4.57. The van der Waals surface area contributed by atoms with Crippen LogP contribution >= 0.6 is 23.2 Å². The van der Waals surface area contributed by atoms with E-state index in [4.69, 9.17) is 23.2 Å². The topological polar surface area (TPSA) is 26.3 Å². The van der Waals surface area contributed by atoms with Crippen LogP contribution in [-0.2, 0) is 9.53 Å². The maximum absolute atomic E-state index is 10.8. The Balaban J connectivity index is 3.02. The first-order valence-electron chi connectivity index (χ1n) is 4.58. The van der Waals surface area contributed by atoms with Gasteiger partial charge in [0.1, 0.15) is 0 Å². The summed E-state index contributed by atoms with van der Waals surface area (Å²) in [5, 5.41) is 0. The highest BCUT2D eigenvalue weighted by atomic mass is 35.5. The van der Waals surface area contributed by atoms with Crippen LogP contribution in [0.1, 0.15) is 38.5 Å². The van der Waals surface area contributed by atoms with Gasteiger partial charge in [0.05, 0.1) is 0 Å². The van der Waals surface area contributed by atoms with Crippen molar-refractivity contribution in [2.45, 2.75) is 38.5 Å². The van der Waals surface area contributed by atoms with Gasteiger partial charge in [-0.15, -0.1) is 11.6 Å². The Labute approximate surface area is 89.5 Å². The lowest BCUT2D eigenvalue weighted by atomic mass is 10.1. The molecule has 78 valence electrons. The molecule has 0 radical (unpaired) electrons. The van der Waals surface area contributed by atoms with Gasteiger partial charge >= 0.3 is 5.97 Å². The maximum atomic E-state index is 10.8. The molecule has 0 atom stereocenters. The normalized spacial score (nSPS) is 10.0. The molecule has 13 heavy (non-hydrogen) atoms. The molecular weight excluding hydrogens is 211 g/mol. The van der Waals surface area contributed by atoms with Gasteiger partial charge in [-0.05, 0) is 12.8 Å². The van der Waals surface area contributed by atoms with Crippen LogP contribution < -0.4 is 0 Å². The average molecular weight is 227 g/mol. The molecule has 0 saturated carbocycles. The van der Waals surface area contributed by atoms with Crippen LogP contribution in [0.5, 0.6) is 0 Å². The quantitative estimate of drug-likeness (QED) is 0.361. The summed E-state index contributed by atoms with van der Waals surface area (Å²) in [6, 6.07) is -0.0366. The van der Waals surface area contributed by atoms with Crippen LogP contribution in [0.3, 0.4) is 0 Å². The van der Waals surface area contributed by atoms with Gasteiger partial charge in [-0.3, -0.25) is 4.79 Å². The molecule has 0 heterocycles. The number of hydrogen-bond acceptors (Lipinski definition) is 2. The lowest BCUT2D eigenvalue weighted by Crippen LogP contribution is -2.01. The van der Waals surface area contributed by atoms with Gasteiger partial charge < -0.3 is 4.74 Å². The highest BCUT2D eigenvalue weighted by molar-refractivity contribution is 6.17. The first-order chi connectivity index (χ1) is 6.31. The van der Waals surface area contributed by atoms with Crippen LogP contribution in [0, 0.1) is 0 Å². The smallest absolute Gasteiger partial charge is 0.306 e. The van der Waals surface area contributed by atoms with E-state index in [-0.39, 0.29) is 12.0 Å². The highest BCUT2D eigenvalue weighted by Gasteiger charge is 2.00.